The number of halogens is 1. The Hall–Kier alpha value is -4.46. The predicted octanol–water partition coefficient (Wildman–Crippen LogP) is 5.05. The molecule has 7 nitrogen and oxygen atoms in total. The quantitative estimate of drug-likeness (QED) is 0.377. The summed E-state index contributed by atoms with van der Waals surface area (Å²) in [4.78, 5) is 22.5. The summed E-state index contributed by atoms with van der Waals surface area (Å²) in [7, 11) is 0. The van der Waals surface area contributed by atoms with Gasteiger partial charge in [-0.3, -0.25) is 4.79 Å². The van der Waals surface area contributed by atoms with Gasteiger partial charge < -0.3 is 19.1 Å². The highest BCUT2D eigenvalue weighted by molar-refractivity contribution is 6.06. The molecule has 0 N–H and O–H groups in total. The van der Waals surface area contributed by atoms with Crippen LogP contribution >= 0.6 is 0 Å². The van der Waals surface area contributed by atoms with Crippen LogP contribution in [0, 0.1) is 5.82 Å². The number of fused-ring (bicyclic) bond motifs is 3. The van der Waals surface area contributed by atoms with Crippen LogP contribution in [0.4, 0.5) is 10.1 Å². The Morgan fingerprint density at radius 2 is 1.88 bits per heavy atom. The molecule has 3 aromatic carbocycles. The zero-order valence-electron chi connectivity index (χ0n) is 18.1. The zero-order valence-corrected chi connectivity index (χ0v) is 18.1. The van der Waals surface area contributed by atoms with Crippen LogP contribution in [0.3, 0.4) is 0 Å². The molecule has 0 atom stereocenters. The molecule has 170 valence electrons. The van der Waals surface area contributed by atoms with Crippen molar-refractivity contribution in [1.82, 2.24) is 9.97 Å². The molecule has 0 saturated carbocycles. The molecule has 34 heavy (non-hydrogen) atoms. The van der Waals surface area contributed by atoms with Gasteiger partial charge >= 0.3 is 0 Å². The van der Waals surface area contributed by atoms with Crippen LogP contribution in [0.15, 0.2) is 79.6 Å². The highest BCUT2D eigenvalue weighted by Crippen LogP contribution is 2.42. The number of hydrogen-bond donors (Lipinski definition) is 0. The summed E-state index contributed by atoms with van der Waals surface area (Å²) in [5.41, 5.74) is 1.71. The second kappa shape index (κ2) is 9.19. The van der Waals surface area contributed by atoms with Gasteiger partial charge in [0.2, 0.25) is 5.88 Å². The summed E-state index contributed by atoms with van der Waals surface area (Å²) in [6, 6.07) is 17.0. The molecule has 0 unspecified atom stereocenters. The number of carbonyl (C=O) groups is 1. The van der Waals surface area contributed by atoms with E-state index in [0.717, 1.165) is 0 Å². The molecule has 1 aromatic heterocycles. The van der Waals surface area contributed by atoms with Crippen molar-refractivity contribution in [2.45, 2.75) is 6.61 Å². The second-order valence-electron chi connectivity index (χ2n) is 7.48. The third-order valence-electron chi connectivity index (χ3n) is 5.38. The lowest BCUT2D eigenvalue weighted by atomic mass is 10.1. The van der Waals surface area contributed by atoms with Crippen molar-refractivity contribution in [3.63, 3.8) is 0 Å². The van der Waals surface area contributed by atoms with Gasteiger partial charge in [-0.15, -0.1) is 0 Å². The van der Waals surface area contributed by atoms with Crippen molar-refractivity contribution in [2.75, 3.05) is 18.1 Å². The van der Waals surface area contributed by atoms with Gasteiger partial charge in [0, 0.05) is 5.56 Å². The van der Waals surface area contributed by atoms with Crippen LogP contribution in [0.2, 0.25) is 0 Å². The summed E-state index contributed by atoms with van der Waals surface area (Å²) < 4.78 is 31.4. The molecule has 0 radical (unpaired) electrons. The summed E-state index contributed by atoms with van der Waals surface area (Å²) in [6.45, 7) is 4.44. The average Bonchev–Trinajstić information content (AvgIpc) is 2.88. The van der Waals surface area contributed by atoms with Gasteiger partial charge in [0.05, 0.1) is 17.7 Å². The summed E-state index contributed by atoms with van der Waals surface area (Å²) in [6.07, 6.45) is 2.68. The van der Waals surface area contributed by atoms with Gasteiger partial charge in [0.15, 0.2) is 5.75 Å². The normalized spacial score (nSPS) is 12.6. The first-order valence-electron chi connectivity index (χ1n) is 10.6. The van der Waals surface area contributed by atoms with E-state index in [4.69, 9.17) is 14.2 Å². The molecule has 0 spiro atoms. The molecule has 1 amide bonds. The second-order valence-corrected chi connectivity index (χ2v) is 7.48. The molecule has 4 aromatic rings. The first kappa shape index (κ1) is 21.4. The van der Waals surface area contributed by atoms with E-state index < -0.39 is 0 Å². The average molecular weight is 457 g/mol. The van der Waals surface area contributed by atoms with Gasteiger partial charge in [-0.05, 0) is 48.5 Å². The molecule has 1 aliphatic heterocycles. The van der Waals surface area contributed by atoms with Crippen LogP contribution in [-0.4, -0.2) is 29.0 Å². The lowest BCUT2D eigenvalue weighted by molar-refractivity contribution is -0.114. The Labute approximate surface area is 195 Å². The zero-order chi connectivity index (χ0) is 23.5. The van der Waals surface area contributed by atoms with Crippen LogP contribution in [0.5, 0.6) is 23.1 Å². The number of hydrogen-bond acceptors (Lipinski definition) is 6. The minimum absolute atomic E-state index is 0.118. The molecular formula is C26H20FN3O4. The minimum atomic E-state index is -0.308. The molecule has 0 aliphatic carbocycles. The van der Waals surface area contributed by atoms with Gasteiger partial charge in [0.1, 0.15) is 42.2 Å². The molecule has 1 aliphatic rings. The maximum Gasteiger partial charge on any atom is 0.250 e. The van der Waals surface area contributed by atoms with E-state index in [0.29, 0.717) is 58.4 Å². The van der Waals surface area contributed by atoms with Crippen molar-refractivity contribution < 1.29 is 23.4 Å². The Bertz CT molecular complexity index is 1370. The third kappa shape index (κ3) is 4.13. The third-order valence-corrected chi connectivity index (χ3v) is 5.38. The highest BCUT2D eigenvalue weighted by Gasteiger charge is 2.26. The first-order valence-corrected chi connectivity index (χ1v) is 10.6. The Morgan fingerprint density at radius 3 is 2.68 bits per heavy atom. The van der Waals surface area contributed by atoms with E-state index >= 15 is 0 Å². The number of amides is 1. The summed E-state index contributed by atoms with van der Waals surface area (Å²) in [5.74, 6) is 1.36. The summed E-state index contributed by atoms with van der Waals surface area (Å²) in [5, 5.41) is 0.571. The Morgan fingerprint density at radius 1 is 1.09 bits per heavy atom. The first-order chi connectivity index (χ1) is 16.6. The fourth-order valence-corrected chi connectivity index (χ4v) is 3.71. The van der Waals surface area contributed by atoms with Crippen LogP contribution < -0.4 is 19.1 Å². The number of anilines is 1. The predicted molar refractivity (Wildman–Crippen MR) is 125 cm³/mol. The van der Waals surface area contributed by atoms with Crippen LogP contribution in [0.25, 0.3) is 10.9 Å². The van der Waals surface area contributed by atoms with E-state index in [1.54, 1.807) is 59.5 Å². The molecule has 0 saturated heterocycles. The van der Waals surface area contributed by atoms with E-state index in [1.807, 2.05) is 0 Å². The number of ether oxygens (including phenoxy) is 3. The number of nitrogens with zero attached hydrogens (tertiary/aromatic N) is 3. The molecule has 0 fully saturated rings. The summed E-state index contributed by atoms with van der Waals surface area (Å²) >= 11 is 0. The maximum atomic E-state index is 13.8. The number of rotatable bonds is 6. The monoisotopic (exact) mass is 457 g/mol. The molecule has 0 bridgehead atoms. The Kier molecular flexibility index (Phi) is 5.78. The fraction of sp³-hybridized carbons (Fsp3) is 0.115. The van der Waals surface area contributed by atoms with Gasteiger partial charge in [-0.1, -0.05) is 24.8 Å². The SMILES string of the molecule is C=CC(=O)N1CCOc2c1ccc1ncnc(Oc3ccc(OCc4ccccc4F)cc3)c21. The largest absolute Gasteiger partial charge is 0.489 e. The fourth-order valence-electron chi connectivity index (χ4n) is 3.71. The molecule has 2 heterocycles. The van der Waals surface area contributed by atoms with Gasteiger partial charge in [-0.2, -0.15) is 0 Å². The number of carbonyl (C=O) groups excluding carboxylic acids is 1. The lowest BCUT2D eigenvalue weighted by Crippen LogP contribution is -2.36. The standard InChI is InChI=1S/C26H20FN3O4/c1-2-23(31)30-13-14-32-25-22(30)12-11-21-24(25)26(29-16-28-21)34-19-9-7-18(8-10-19)33-15-17-5-3-4-6-20(17)27/h2-12,16H,1,13-15H2. The highest BCUT2D eigenvalue weighted by atomic mass is 19.1. The van der Waals surface area contributed by atoms with Crippen molar-refractivity contribution in [1.29, 1.82) is 0 Å². The van der Waals surface area contributed by atoms with Crippen molar-refractivity contribution in [2.24, 2.45) is 0 Å². The maximum absolute atomic E-state index is 13.8. The van der Waals surface area contributed by atoms with Gasteiger partial charge in [-0.25, -0.2) is 14.4 Å². The minimum Gasteiger partial charge on any atom is -0.489 e. The molecule has 8 heteroatoms. The Balaban J connectivity index is 1.40. The van der Waals surface area contributed by atoms with Gasteiger partial charge in [0.25, 0.3) is 5.91 Å². The van der Waals surface area contributed by atoms with Crippen molar-refractivity contribution in [3.05, 3.63) is 91.0 Å². The topological polar surface area (TPSA) is 73.8 Å². The lowest BCUT2D eigenvalue weighted by Gasteiger charge is -2.29. The smallest absolute Gasteiger partial charge is 0.250 e. The number of benzene rings is 3. The van der Waals surface area contributed by atoms with Crippen LogP contribution in [-0.2, 0) is 11.4 Å². The van der Waals surface area contributed by atoms with E-state index in [-0.39, 0.29) is 18.3 Å². The molecular weight excluding hydrogens is 437 g/mol. The van der Waals surface area contributed by atoms with Crippen molar-refractivity contribution in [3.8, 4) is 23.1 Å². The van der Waals surface area contributed by atoms with E-state index in [2.05, 4.69) is 16.5 Å². The van der Waals surface area contributed by atoms with E-state index in [9.17, 15) is 9.18 Å². The number of aromatic nitrogens is 2. The molecule has 5 rings (SSSR count). The van der Waals surface area contributed by atoms with Crippen LogP contribution in [0.1, 0.15) is 5.56 Å². The van der Waals surface area contributed by atoms with E-state index in [1.165, 1.54) is 18.5 Å². The van der Waals surface area contributed by atoms with Crippen molar-refractivity contribution >= 4 is 22.5 Å².